The second kappa shape index (κ2) is 7.93. The van der Waals surface area contributed by atoms with Crippen LogP contribution in [0.5, 0.6) is 0 Å². The van der Waals surface area contributed by atoms with Crippen molar-refractivity contribution in [2.24, 2.45) is 0 Å². The predicted octanol–water partition coefficient (Wildman–Crippen LogP) is 1.97. The molecule has 0 rings (SSSR count). The van der Waals surface area contributed by atoms with Gasteiger partial charge in [0.2, 0.25) is 0 Å². The Morgan fingerprint density at radius 3 is 2.28 bits per heavy atom. The Morgan fingerprint density at radius 2 is 1.89 bits per heavy atom. The van der Waals surface area contributed by atoms with Crippen LogP contribution in [-0.4, -0.2) is 34.2 Å². The lowest BCUT2D eigenvalue weighted by atomic mass is 10.3. The summed E-state index contributed by atoms with van der Waals surface area (Å²) in [4.78, 5) is -1.35. The van der Waals surface area contributed by atoms with Crippen LogP contribution in [0.2, 0.25) is 0 Å². The molecule has 0 aromatic heterocycles. The molecule has 0 amide bonds. The van der Waals surface area contributed by atoms with Gasteiger partial charge in [-0.3, -0.25) is 8.75 Å². The smallest absolute Gasteiger partial charge is 0.311 e. The first-order valence-electron chi connectivity index (χ1n) is 5.40. The summed E-state index contributed by atoms with van der Waals surface area (Å²) in [5, 5.41) is 0. The number of hydrogen-bond acceptors (Lipinski definition) is 6. The number of hydrogen-bond donors (Lipinski definition) is 0. The van der Waals surface area contributed by atoms with Gasteiger partial charge in [-0.15, -0.1) is 6.42 Å². The van der Waals surface area contributed by atoms with Gasteiger partial charge in [0.15, 0.2) is 4.99 Å². The van der Waals surface area contributed by atoms with Gasteiger partial charge in [-0.1, -0.05) is 25.7 Å². The van der Waals surface area contributed by atoms with E-state index in [0.29, 0.717) is 6.42 Å². The zero-order chi connectivity index (χ0) is 14.2. The Bertz CT molecular complexity index is 416. The molecule has 0 aliphatic carbocycles. The molecule has 0 radical (unpaired) electrons. The van der Waals surface area contributed by atoms with E-state index in [0.717, 1.165) is 20.6 Å². The van der Waals surface area contributed by atoms with Gasteiger partial charge in [0.1, 0.15) is 6.61 Å². The second-order valence-electron chi connectivity index (χ2n) is 3.46. The molecule has 18 heavy (non-hydrogen) atoms. The maximum absolute atomic E-state index is 12.2. The molecule has 0 saturated carbocycles. The molecular formula is C10H19O6PS. The van der Waals surface area contributed by atoms with E-state index in [1.807, 2.05) is 12.8 Å². The molecule has 0 aliphatic heterocycles. The minimum absolute atomic E-state index is 0.127. The average Bonchev–Trinajstić information content (AvgIpc) is 2.36. The standard InChI is InChI=1S/C10H19O6PS/c1-5-7-8-10(17(11,14-3)15-4)18(12,13)16-9-6-2/h2,10H,5,7-9H2,1,3-4H3. The van der Waals surface area contributed by atoms with Crippen molar-refractivity contribution in [3.05, 3.63) is 0 Å². The van der Waals surface area contributed by atoms with Crippen molar-refractivity contribution in [3.63, 3.8) is 0 Å². The lowest BCUT2D eigenvalue weighted by Crippen LogP contribution is -2.25. The SMILES string of the molecule is C#CCOS(=O)(=O)C(CCCC)P(=O)(OC)OC. The highest BCUT2D eigenvalue weighted by Crippen LogP contribution is 2.55. The fourth-order valence-electron chi connectivity index (χ4n) is 1.34. The highest BCUT2D eigenvalue weighted by Gasteiger charge is 2.44. The lowest BCUT2D eigenvalue weighted by molar-refractivity contribution is 0.266. The minimum atomic E-state index is -4.09. The van der Waals surface area contributed by atoms with E-state index in [-0.39, 0.29) is 6.42 Å². The molecule has 0 aliphatic rings. The molecule has 0 aromatic rings. The van der Waals surface area contributed by atoms with Gasteiger partial charge in [0.25, 0.3) is 10.1 Å². The van der Waals surface area contributed by atoms with E-state index in [1.54, 1.807) is 0 Å². The van der Waals surface area contributed by atoms with E-state index in [1.165, 1.54) is 0 Å². The molecule has 1 atom stereocenters. The number of rotatable bonds is 9. The summed E-state index contributed by atoms with van der Waals surface area (Å²) in [6.07, 6.45) is 6.37. The van der Waals surface area contributed by atoms with Crippen molar-refractivity contribution in [1.29, 1.82) is 0 Å². The first kappa shape index (κ1) is 17.6. The first-order valence-corrected chi connectivity index (χ1v) is 8.49. The molecular weight excluding hydrogens is 279 g/mol. The Balaban J connectivity index is 5.23. The van der Waals surface area contributed by atoms with Crippen molar-refractivity contribution in [3.8, 4) is 12.3 Å². The molecule has 0 bridgehead atoms. The summed E-state index contributed by atoms with van der Waals surface area (Å²) >= 11 is 0. The Morgan fingerprint density at radius 1 is 1.33 bits per heavy atom. The van der Waals surface area contributed by atoms with Crippen molar-refractivity contribution in [2.45, 2.75) is 31.2 Å². The minimum Gasteiger partial charge on any atom is -0.311 e. The van der Waals surface area contributed by atoms with Gasteiger partial charge < -0.3 is 9.05 Å². The van der Waals surface area contributed by atoms with Crippen molar-refractivity contribution < 1.29 is 26.2 Å². The molecule has 8 heteroatoms. The Labute approximate surface area is 109 Å². The number of unbranched alkanes of at least 4 members (excludes halogenated alkanes) is 1. The fourth-order valence-corrected chi connectivity index (χ4v) is 5.27. The zero-order valence-corrected chi connectivity index (χ0v) is 12.5. The molecule has 0 heterocycles. The van der Waals surface area contributed by atoms with E-state index in [2.05, 4.69) is 4.18 Å². The summed E-state index contributed by atoms with van der Waals surface area (Å²) in [6, 6.07) is 0. The average molecular weight is 298 g/mol. The van der Waals surface area contributed by atoms with Gasteiger partial charge in [0, 0.05) is 14.2 Å². The third kappa shape index (κ3) is 4.71. The molecule has 6 nitrogen and oxygen atoms in total. The molecule has 1 unspecified atom stereocenters. The summed E-state index contributed by atoms with van der Waals surface area (Å²) in [5.74, 6) is 2.05. The summed E-state index contributed by atoms with van der Waals surface area (Å²) in [5.41, 5.74) is 0. The summed E-state index contributed by atoms with van der Waals surface area (Å²) in [7, 11) is -5.58. The van der Waals surface area contributed by atoms with Gasteiger partial charge in [0.05, 0.1) is 0 Å². The third-order valence-electron chi connectivity index (χ3n) is 2.31. The fraction of sp³-hybridized carbons (Fsp3) is 0.800. The summed E-state index contributed by atoms with van der Waals surface area (Å²) < 4.78 is 50.1. The second-order valence-corrected chi connectivity index (χ2v) is 8.03. The third-order valence-corrected chi connectivity index (χ3v) is 7.19. The predicted molar refractivity (Wildman–Crippen MR) is 68.6 cm³/mol. The van der Waals surface area contributed by atoms with E-state index < -0.39 is 29.3 Å². The van der Waals surface area contributed by atoms with E-state index in [9.17, 15) is 13.0 Å². The van der Waals surface area contributed by atoms with Crippen LogP contribution in [-0.2, 0) is 27.9 Å². The molecule has 0 fully saturated rings. The molecule has 0 N–H and O–H groups in total. The van der Waals surface area contributed by atoms with Crippen molar-refractivity contribution in [2.75, 3.05) is 20.8 Å². The van der Waals surface area contributed by atoms with Crippen LogP contribution in [0.25, 0.3) is 0 Å². The van der Waals surface area contributed by atoms with Gasteiger partial charge in [-0.05, 0) is 6.42 Å². The molecule has 0 spiro atoms. The van der Waals surface area contributed by atoms with Crippen LogP contribution in [0, 0.1) is 12.3 Å². The lowest BCUT2D eigenvalue weighted by Gasteiger charge is -2.23. The Hall–Kier alpha value is -0.380. The van der Waals surface area contributed by atoms with Crippen LogP contribution < -0.4 is 0 Å². The maximum Gasteiger partial charge on any atom is 0.350 e. The van der Waals surface area contributed by atoms with E-state index >= 15 is 0 Å². The van der Waals surface area contributed by atoms with Crippen LogP contribution in [0.15, 0.2) is 0 Å². The van der Waals surface area contributed by atoms with Crippen LogP contribution >= 0.6 is 7.60 Å². The highest BCUT2D eigenvalue weighted by molar-refractivity contribution is 7.94. The maximum atomic E-state index is 12.2. The van der Waals surface area contributed by atoms with E-state index in [4.69, 9.17) is 15.5 Å². The van der Waals surface area contributed by atoms with Gasteiger partial charge >= 0.3 is 7.60 Å². The van der Waals surface area contributed by atoms with Gasteiger partial charge in [-0.25, -0.2) is 0 Å². The zero-order valence-electron chi connectivity index (χ0n) is 10.8. The van der Waals surface area contributed by atoms with Crippen molar-refractivity contribution in [1.82, 2.24) is 0 Å². The summed E-state index contributed by atoms with van der Waals surface area (Å²) in [6.45, 7) is 1.48. The van der Waals surface area contributed by atoms with Crippen LogP contribution in [0.1, 0.15) is 26.2 Å². The Kier molecular flexibility index (Phi) is 7.76. The largest absolute Gasteiger partial charge is 0.350 e. The van der Waals surface area contributed by atoms with Crippen molar-refractivity contribution >= 4 is 17.7 Å². The van der Waals surface area contributed by atoms with Gasteiger partial charge in [-0.2, -0.15) is 8.42 Å². The van der Waals surface area contributed by atoms with Crippen LogP contribution in [0.3, 0.4) is 0 Å². The molecule has 0 aromatic carbocycles. The van der Waals surface area contributed by atoms with Crippen LogP contribution in [0.4, 0.5) is 0 Å². The topological polar surface area (TPSA) is 78.9 Å². The monoisotopic (exact) mass is 298 g/mol. The quantitative estimate of drug-likeness (QED) is 0.368. The molecule has 106 valence electrons. The normalized spacial score (nSPS) is 14.1. The first-order chi connectivity index (χ1) is 8.37. The number of terminal acetylenes is 1. The molecule has 0 saturated heterocycles. The highest BCUT2D eigenvalue weighted by atomic mass is 32.2.